The Bertz CT molecular complexity index is 734. The maximum absolute atomic E-state index is 11.5. The summed E-state index contributed by atoms with van der Waals surface area (Å²) in [5.41, 5.74) is -1.25. The van der Waals surface area contributed by atoms with Crippen molar-refractivity contribution in [2.45, 2.75) is 70.6 Å². The largest absolute Gasteiger partial charge is 0.479 e. The molecule has 1 heterocycles. The lowest BCUT2D eigenvalue weighted by molar-refractivity contribution is -0.386. The van der Waals surface area contributed by atoms with Gasteiger partial charge in [0.1, 0.15) is 5.69 Å². The van der Waals surface area contributed by atoms with Crippen LogP contribution in [0.4, 0.5) is 5.69 Å². The molecule has 0 saturated heterocycles. The van der Waals surface area contributed by atoms with E-state index >= 15 is 0 Å². The lowest BCUT2D eigenvalue weighted by Gasteiger charge is -2.36. The molecule has 27 heavy (non-hydrogen) atoms. The van der Waals surface area contributed by atoms with Crippen LogP contribution in [0, 0.1) is 17.0 Å². The summed E-state index contributed by atoms with van der Waals surface area (Å²) in [6.07, 6.45) is 1.38. The number of nitrogens with zero attached hydrogens (tertiary/aromatic N) is 3. The molecule has 1 aliphatic rings. The van der Waals surface area contributed by atoms with Crippen molar-refractivity contribution >= 4 is 20.0 Å². The van der Waals surface area contributed by atoms with E-state index in [-0.39, 0.29) is 28.9 Å². The van der Waals surface area contributed by atoms with Crippen molar-refractivity contribution in [2.24, 2.45) is 0 Å². The maximum Gasteiger partial charge on any atom is 0.353 e. The first-order valence-corrected chi connectivity index (χ1v) is 12.0. The Kier molecular flexibility index (Phi) is 5.72. The summed E-state index contributed by atoms with van der Waals surface area (Å²) in [5.74, 6) is -1.16. The van der Waals surface area contributed by atoms with Crippen molar-refractivity contribution in [2.75, 3.05) is 13.2 Å². The summed E-state index contributed by atoms with van der Waals surface area (Å²) in [5, 5.41) is 25.1. The molecular formula is C17H29N3O6Si. The molecule has 0 amide bonds. The topological polar surface area (TPSA) is 117 Å². The highest BCUT2D eigenvalue weighted by Gasteiger charge is 2.55. The summed E-state index contributed by atoms with van der Waals surface area (Å²) in [6.45, 7) is 13.0. The number of carboxylic acid groups (broad SMARTS) is 1. The minimum atomic E-state index is -1.85. The van der Waals surface area contributed by atoms with Gasteiger partial charge in [-0.3, -0.25) is 10.1 Å². The first-order valence-electron chi connectivity index (χ1n) is 9.08. The van der Waals surface area contributed by atoms with Gasteiger partial charge in [0.2, 0.25) is 0 Å². The number of carboxylic acids is 1. The molecular weight excluding hydrogens is 370 g/mol. The van der Waals surface area contributed by atoms with Crippen LogP contribution in [0.3, 0.4) is 0 Å². The van der Waals surface area contributed by atoms with Crippen LogP contribution in [0.5, 0.6) is 5.88 Å². The second-order valence-electron chi connectivity index (χ2n) is 8.56. The van der Waals surface area contributed by atoms with Crippen molar-refractivity contribution in [3.05, 3.63) is 15.8 Å². The molecule has 0 aromatic carbocycles. The molecule has 152 valence electrons. The van der Waals surface area contributed by atoms with Gasteiger partial charge in [-0.15, -0.1) is 5.10 Å². The van der Waals surface area contributed by atoms with Gasteiger partial charge in [-0.25, -0.2) is 9.48 Å². The number of hydrogen-bond acceptors (Lipinski definition) is 6. The lowest BCUT2D eigenvalue weighted by Crippen LogP contribution is -2.41. The third-order valence-corrected chi connectivity index (χ3v) is 10.1. The Balaban J connectivity index is 2.03. The summed E-state index contributed by atoms with van der Waals surface area (Å²) in [6, 6.07) is 0. The van der Waals surface area contributed by atoms with Gasteiger partial charge in [0.15, 0.2) is 13.9 Å². The second kappa shape index (κ2) is 7.23. The highest BCUT2D eigenvalue weighted by molar-refractivity contribution is 6.74. The monoisotopic (exact) mass is 399 g/mol. The molecule has 0 unspecified atom stereocenters. The molecule has 9 nitrogen and oxygen atoms in total. The van der Waals surface area contributed by atoms with Crippen LogP contribution in [0.1, 0.15) is 45.7 Å². The second-order valence-corrected chi connectivity index (χ2v) is 13.4. The van der Waals surface area contributed by atoms with Crippen LogP contribution in [0.25, 0.3) is 0 Å². The van der Waals surface area contributed by atoms with Gasteiger partial charge < -0.3 is 14.3 Å². The fourth-order valence-electron chi connectivity index (χ4n) is 2.60. The Hall–Kier alpha value is -1.94. The molecule has 0 atom stereocenters. The zero-order valence-corrected chi connectivity index (χ0v) is 17.9. The Morgan fingerprint density at radius 2 is 1.96 bits per heavy atom. The van der Waals surface area contributed by atoms with Gasteiger partial charge in [0, 0.05) is 13.0 Å². The SMILES string of the molecule is Cc1c([N+](=O)[O-])c(OCCCO[Si](C)(C)C(C)(C)C)nn1C1(C(=O)O)CC1. The van der Waals surface area contributed by atoms with Crippen LogP contribution in [0.15, 0.2) is 0 Å². The third kappa shape index (κ3) is 4.16. The van der Waals surface area contributed by atoms with E-state index in [1.165, 1.54) is 11.6 Å². The maximum atomic E-state index is 11.5. The zero-order chi connectivity index (χ0) is 20.6. The molecule has 1 N–H and O–H groups in total. The molecule has 0 aliphatic heterocycles. The van der Waals surface area contributed by atoms with Crippen molar-refractivity contribution in [1.29, 1.82) is 0 Å². The highest BCUT2D eigenvalue weighted by atomic mass is 28.4. The predicted molar refractivity (Wildman–Crippen MR) is 102 cm³/mol. The van der Waals surface area contributed by atoms with Crippen LogP contribution < -0.4 is 4.74 Å². The lowest BCUT2D eigenvalue weighted by atomic mass is 10.2. The van der Waals surface area contributed by atoms with Crippen molar-refractivity contribution < 1.29 is 24.0 Å². The van der Waals surface area contributed by atoms with E-state index < -0.39 is 24.7 Å². The van der Waals surface area contributed by atoms with Gasteiger partial charge >= 0.3 is 17.5 Å². The first kappa shape index (κ1) is 21.4. The summed E-state index contributed by atoms with van der Waals surface area (Å²) >= 11 is 0. The molecule has 1 aromatic heterocycles. The number of ether oxygens (including phenoxy) is 1. The number of nitro groups is 1. The number of rotatable bonds is 9. The fraction of sp³-hybridized carbons (Fsp3) is 0.765. The summed E-state index contributed by atoms with van der Waals surface area (Å²) < 4.78 is 12.8. The first-order chi connectivity index (χ1) is 12.3. The molecule has 1 saturated carbocycles. The number of hydrogen-bond donors (Lipinski definition) is 1. The van der Waals surface area contributed by atoms with E-state index in [2.05, 4.69) is 39.0 Å². The van der Waals surface area contributed by atoms with E-state index in [0.717, 1.165) is 0 Å². The quantitative estimate of drug-likeness (QED) is 0.292. The van der Waals surface area contributed by atoms with Crippen molar-refractivity contribution in [3.8, 4) is 5.88 Å². The van der Waals surface area contributed by atoms with E-state index in [1.54, 1.807) is 0 Å². The van der Waals surface area contributed by atoms with E-state index in [0.29, 0.717) is 25.9 Å². The normalized spacial score (nSPS) is 16.2. The van der Waals surface area contributed by atoms with E-state index in [1.807, 2.05) is 0 Å². The molecule has 0 radical (unpaired) electrons. The molecule has 1 fully saturated rings. The predicted octanol–water partition coefficient (Wildman–Crippen LogP) is 3.46. The van der Waals surface area contributed by atoms with Gasteiger partial charge in [-0.2, -0.15) is 0 Å². The number of aromatic nitrogens is 2. The average molecular weight is 400 g/mol. The van der Waals surface area contributed by atoms with Crippen LogP contribution in [-0.2, 0) is 14.8 Å². The highest BCUT2D eigenvalue weighted by Crippen LogP contribution is 2.47. The van der Waals surface area contributed by atoms with Crippen molar-refractivity contribution in [3.63, 3.8) is 0 Å². The standard InChI is InChI=1S/C17H29N3O6Si/c1-12-13(20(23)24)14(18-19(12)17(8-9-17)15(21)22)25-10-7-11-26-27(5,6)16(2,3)4/h7-11H2,1-6H3,(H,21,22). The van der Waals surface area contributed by atoms with Crippen LogP contribution >= 0.6 is 0 Å². The zero-order valence-electron chi connectivity index (χ0n) is 16.9. The summed E-state index contributed by atoms with van der Waals surface area (Å²) in [7, 11) is -1.85. The molecule has 2 rings (SSSR count). The number of aliphatic carboxylic acids is 1. The fourth-order valence-corrected chi connectivity index (χ4v) is 3.69. The van der Waals surface area contributed by atoms with Crippen molar-refractivity contribution in [1.82, 2.24) is 9.78 Å². The number of carbonyl (C=O) groups is 1. The van der Waals surface area contributed by atoms with Gasteiger partial charge in [-0.05, 0) is 37.9 Å². The Morgan fingerprint density at radius 1 is 1.37 bits per heavy atom. The molecule has 1 aromatic rings. The molecule has 0 spiro atoms. The van der Waals surface area contributed by atoms with Gasteiger partial charge in [0.25, 0.3) is 0 Å². The minimum absolute atomic E-state index is 0.109. The third-order valence-electron chi connectivity index (χ3n) is 5.56. The molecule has 1 aliphatic carbocycles. The Morgan fingerprint density at radius 3 is 2.41 bits per heavy atom. The molecule has 0 bridgehead atoms. The van der Waals surface area contributed by atoms with Crippen LogP contribution in [0.2, 0.25) is 18.1 Å². The van der Waals surface area contributed by atoms with E-state index in [4.69, 9.17) is 9.16 Å². The molecule has 10 heteroatoms. The minimum Gasteiger partial charge on any atom is -0.479 e. The van der Waals surface area contributed by atoms with Crippen LogP contribution in [-0.4, -0.2) is 47.3 Å². The van der Waals surface area contributed by atoms with E-state index in [9.17, 15) is 20.0 Å². The Labute approximate surface area is 159 Å². The summed E-state index contributed by atoms with van der Waals surface area (Å²) in [4.78, 5) is 22.4. The van der Waals surface area contributed by atoms with Gasteiger partial charge in [-0.1, -0.05) is 20.8 Å². The average Bonchev–Trinajstić information content (AvgIpc) is 3.25. The van der Waals surface area contributed by atoms with Gasteiger partial charge in [0.05, 0.1) is 11.5 Å². The smallest absolute Gasteiger partial charge is 0.353 e.